The van der Waals surface area contributed by atoms with E-state index in [0.717, 1.165) is 0 Å². The van der Waals surface area contributed by atoms with Crippen LogP contribution >= 0.6 is 17.0 Å². The molecule has 72 heavy (non-hydrogen) atoms. The van der Waals surface area contributed by atoms with E-state index in [1.54, 1.807) is 0 Å². The summed E-state index contributed by atoms with van der Waals surface area (Å²) in [5.74, 6) is -2.09. The first kappa shape index (κ1) is 47.4. The minimum absolute atomic E-state index is 0.191. The van der Waals surface area contributed by atoms with Crippen molar-refractivity contribution in [2.75, 3.05) is 0 Å². The monoisotopic (exact) mass is 1070 g/mol. The van der Waals surface area contributed by atoms with E-state index in [-0.39, 0.29) is 18.1 Å². The Bertz CT molecular complexity index is 3660. The van der Waals surface area contributed by atoms with Crippen LogP contribution in [0.4, 0.5) is 0 Å². The van der Waals surface area contributed by atoms with Crippen LogP contribution in [0.2, 0.25) is 13.1 Å². The van der Waals surface area contributed by atoms with Crippen LogP contribution in [0, 0.1) is 10.8 Å². The molecule has 0 aliphatic heterocycles. The molecule has 0 nitrogen and oxygen atoms in total. The fourth-order valence-electron chi connectivity index (χ4n) is 13.1. The standard InChI is InChI=1S/2C33H27.C2H7Si.2ClH.Zr/c2*1-33(2,3)24-20-31-29(27-16-8-12-22-10-4-6-14-25(22)27)18-19-30(32(31)21-24)28-17-9-13-23-11-5-7-15-26(23)28;1-3-2;;;/h2*4-21H,1-3H3;3H,1-2H3;2*1H;/q;;;;;+2/p-2. The van der Waals surface area contributed by atoms with Crippen molar-refractivity contribution in [1.82, 2.24) is 0 Å². The SMILES string of the molecule is C[SiH](C)[Zr]([Cl])([Cl])([CH]1C(C(C)(C)C)=Cc2c(-c3cccc4ccccc34)ccc(-c3cccc4ccccc34)c21)[CH]1C(C(C)(C)C)=Cc2c(-c3cccc4ccccc34)ccc(-c3cccc4ccccc34)c21. The molecule has 0 N–H and O–H groups in total. The summed E-state index contributed by atoms with van der Waals surface area (Å²) in [5.41, 5.74) is 17.2. The first-order valence-corrected chi connectivity index (χ1v) is 42.1. The van der Waals surface area contributed by atoms with Crippen LogP contribution in [0.25, 0.3) is 99.7 Å². The third-order valence-corrected chi connectivity index (χ3v) is 68.1. The van der Waals surface area contributed by atoms with E-state index in [9.17, 15) is 17.0 Å². The second-order valence-electron chi connectivity index (χ2n) is 23.0. The van der Waals surface area contributed by atoms with Crippen LogP contribution in [0.1, 0.15) is 71.0 Å². The van der Waals surface area contributed by atoms with Crippen molar-refractivity contribution in [1.29, 1.82) is 0 Å². The summed E-state index contributed by atoms with van der Waals surface area (Å²) in [6.45, 7) is 19.5. The number of allylic oxidation sites excluding steroid dienone is 2. The Morgan fingerprint density at radius 3 is 0.889 bits per heavy atom. The van der Waals surface area contributed by atoms with Gasteiger partial charge in [-0.3, -0.25) is 0 Å². The number of halogens is 2. The molecule has 12 rings (SSSR count). The van der Waals surface area contributed by atoms with Crippen LogP contribution in [-0.4, -0.2) is 5.92 Å². The normalized spacial score (nSPS) is 16.5. The van der Waals surface area contributed by atoms with Gasteiger partial charge in [-0.25, -0.2) is 0 Å². The van der Waals surface area contributed by atoms with Crippen molar-refractivity contribution < 1.29 is 15.6 Å². The Hall–Kier alpha value is -5.60. The summed E-state index contributed by atoms with van der Waals surface area (Å²) in [4.78, 5) is 0. The van der Waals surface area contributed by atoms with Crippen molar-refractivity contribution in [3.05, 3.63) is 228 Å². The van der Waals surface area contributed by atoms with Gasteiger partial charge in [0.15, 0.2) is 0 Å². The van der Waals surface area contributed by atoms with Crippen molar-refractivity contribution >= 4 is 78.2 Å². The molecule has 355 valence electrons. The Morgan fingerprint density at radius 2 is 0.597 bits per heavy atom. The van der Waals surface area contributed by atoms with E-state index in [4.69, 9.17) is 0 Å². The predicted octanol–water partition coefficient (Wildman–Crippen LogP) is 20.6. The van der Waals surface area contributed by atoms with Gasteiger partial charge in [0, 0.05) is 0 Å². The maximum atomic E-state index is 9.70. The zero-order chi connectivity index (χ0) is 49.9. The van der Waals surface area contributed by atoms with Crippen LogP contribution in [0.5, 0.6) is 0 Å². The molecule has 0 amide bonds. The predicted molar refractivity (Wildman–Crippen MR) is 316 cm³/mol. The summed E-state index contributed by atoms with van der Waals surface area (Å²) in [5, 5.41) is 9.89. The first-order valence-electron chi connectivity index (χ1n) is 25.8. The van der Waals surface area contributed by atoms with Gasteiger partial charge < -0.3 is 0 Å². The molecule has 2 aliphatic carbocycles. The molecule has 2 aliphatic rings. The van der Waals surface area contributed by atoms with Crippen LogP contribution < -0.4 is 0 Å². The zero-order valence-electron chi connectivity index (χ0n) is 42.6. The summed E-state index contributed by atoms with van der Waals surface area (Å²) in [6.07, 6.45) is 5.16. The number of benzene rings is 10. The van der Waals surface area contributed by atoms with Crippen LogP contribution in [0.3, 0.4) is 0 Å². The second-order valence-corrected chi connectivity index (χ2v) is 65.5. The van der Waals surface area contributed by atoms with E-state index in [0.29, 0.717) is 0 Å². The topological polar surface area (TPSA) is 0 Å². The molecule has 0 radical (unpaired) electrons. The van der Waals surface area contributed by atoms with Gasteiger partial charge in [0.1, 0.15) is 0 Å². The fraction of sp³-hybridized carbons (Fsp3) is 0.176. The van der Waals surface area contributed by atoms with Crippen LogP contribution in [-0.2, 0) is 15.6 Å². The maximum absolute atomic E-state index is 9.70. The van der Waals surface area contributed by atoms with Crippen LogP contribution in [0.15, 0.2) is 205 Å². The molecule has 4 heteroatoms. The number of rotatable bonds is 7. The van der Waals surface area contributed by atoms with E-state index >= 15 is 0 Å². The number of fused-ring (bicyclic) bond motifs is 6. The minimum atomic E-state index is -5.70. The molecule has 0 aromatic heterocycles. The summed E-state index contributed by atoms with van der Waals surface area (Å²) >= 11 is -5.70. The second kappa shape index (κ2) is 17.2. The van der Waals surface area contributed by atoms with E-state index in [1.165, 1.54) is 121 Å². The van der Waals surface area contributed by atoms with Crippen molar-refractivity contribution in [2.24, 2.45) is 10.8 Å². The molecule has 2 atom stereocenters. The Balaban J connectivity index is 1.24. The van der Waals surface area contributed by atoms with Crippen molar-refractivity contribution in [3.63, 3.8) is 0 Å². The van der Waals surface area contributed by atoms with Gasteiger partial charge in [0.25, 0.3) is 0 Å². The van der Waals surface area contributed by atoms with Gasteiger partial charge in [-0.15, -0.1) is 0 Å². The van der Waals surface area contributed by atoms with Gasteiger partial charge in [-0.1, -0.05) is 0 Å². The van der Waals surface area contributed by atoms with Crippen molar-refractivity contribution in [3.8, 4) is 44.5 Å². The fourth-order valence-corrected chi connectivity index (χ4v) is 44.2. The molecule has 10 aromatic rings. The molecule has 0 fully saturated rings. The third kappa shape index (κ3) is 7.29. The molecule has 0 bridgehead atoms. The summed E-state index contributed by atoms with van der Waals surface area (Å²) in [6, 6.07) is 72.2. The molecular formula is C68H61Cl2SiZr. The molecule has 10 aromatic carbocycles. The molecule has 2 unspecified atom stereocenters. The van der Waals surface area contributed by atoms with E-state index in [1.807, 2.05) is 0 Å². The van der Waals surface area contributed by atoms with Gasteiger partial charge in [-0.05, 0) is 0 Å². The molecular weight excluding hydrogens is 1010 g/mol. The number of hydrogen-bond acceptors (Lipinski definition) is 0. The average Bonchev–Trinajstić information content (AvgIpc) is 4.02. The van der Waals surface area contributed by atoms with Gasteiger partial charge in [0.2, 0.25) is 0 Å². The summed E-state index contributed by atoms with van der Waals surface area (Å²) < 4.78 is -0.382. The van der Waals surface area contributed by atoms with Gasteiger partial charge in [-0.2, -0.15) is 0 Å². The first-order chi connectivity index (χ1) is 34.5. The van der Waals surface area contributed by atoms with E-state index in [2.05, 4.69) is 261 Å². The van der Waals surface area contributed by atoms with Gasteiger partial charge >= 0.3 is 438 Å². The van der Waals surface area contributed by atoms with Gasteiger partial charge in [0.05, 0.1) is 0 Å². The molecule has 0 spiro atoms. The Kier molecular flexibility index (Phi) is 11.4. The molecule has 0 heterocycles. The zero-order valence-corrected chi connectivity index (χ0v) is 47.7. The summed E-state index contributed by atoms with van der Waals surface area (Å²) in [7, 11) is 19.4. The van der Waals surface area contributed by atoms with E-state index < -0.39 is 21.5 Å². The quantitative estimate of drug-likeness (QED) is 0.140. The molecule has 0 saturated heterocycles. The average molecular weight is 1070 g/mol. The van der Waals surface area contributed by atoms with Crippen molar-refractivity contribution in [2.45, 2.75) is 61.9 Å². The Morgan fingerprint density at radius 1 is 0.333 bits per heavy atom. The Labute approximate surface area is 434 Å². The molecule has 0 saturated carbocycles. The number of hydrogen-bond donors (Lipinski definition) is 0. The third-order valence-electron chi connectivity index (χ3n) is 16.6.